The van der Waals surface area contributed by atoms with E-state index in [2.05, 4.69) is 24.8 Å². The van der Waals surface area contributed by atoms with Crippen molar-refractivity contribution in [1.29, 1.82) is 0 Å². The molecule has 0 atom stereocenters. The van der Waals surface area contributed by atoms with Crippen LogP contribution in [0.25, 0.3) is 10.8 Å². The molecule has 156 valence electrons. The van der Waals surface area contributed by atoms with Crippen LogP contribution in [0.15, 0.2) is 67.3 Å². The minimum absolute atomic E-state index is 0.116. The summed E-state index contributed by atoms with van der Waals surface area (Å²) in [4.78, 5) is 0. The molecule has 3 aromatic carbocycles. The summed E-state index contributed by atoms with van der Waals surface area (Å²) in [6, 6.07) is 16.7. The summed E-state index contributed by atoms with van der Waals surface area (Å²) >= 11 is 0. The van der Waals surface area contributed by atoms with Crippen molar-refractivity contribution in [2.75, 3.05) is 0 Å². The highest BCUT2D eigenvalue weighted by atomic mass is 19.1. The molecule has 0 spiro atoms. The molecule has 2 heteroatoms. The molecular formula is C28H30F2. The van der Waals surface area contributed by atoms with Crippen molar-refractivity contribution in [1.82, 2.24) is 0 Å². The highest BCUT2D eigenvalue weighted by molar-refractivity contribution is 5.84. The SMILES string of the molecule is C=CCCC1CCC(c2ccc3c(F)c(CCc4ccc(F)cc4)ccc3c2)CC1. The molecule has 0 bridgehead atoms. The molecule has 3 aromatic rings. The molecular weight excluding hydrogens is 374 g/mol. The molecule has 1 saturated carbocycles. The van der Waals surface area contributed by atoms with Crippen molar-refractivity contribution in [2.24, 2.45) is 5.92 Å². The van der Waals surface area contributed by atoms with E-state index < -0.39 is 0 Å². The molecule has 1 fully saturated rings. The first-order valence-corrected chi connectivity index (χ1v) is 11.2. The lowest BCUT2D eigenvalue weighted by Gasteiger charge is -2.28. The number of aryl methyl sites for hydroxylation is 2. The lowest BCUT2D eigenvalue weighted by molar-refractivity contribution is 0.312. The van der Waals surface area contributed by atoms with E-state index in [1.54, 1.807) is 12.1 Å². The van der Waals surface area contributed by atoms with Gasteiger partial charge in [-0.15, -0.1) is 6.58 Å². The normalized spacial score (nSPS) is 19.1. The Morgan fingerprint density at radius 2 is 1.63 bits per heavy atom. The van der Waals surface area contributed by atoms with Crippen LogP contribution in [0.1, 0.15) is 61.1 Å². The number of fused-ring (bicyclic) bond motifs is 1. The van der Waals surface area contributed by atoms with Gasteiger partial charge in [0, 0.05) is 5.39 Å². The lowest BCUT2D eigenvalue weighted by Crippen LogP contribution is -2.13. The van der Waals surface area contributed by atoms with E-state index in [1.807, 2.05) is 18.2 Å². The Labute approximate surface area is 178 Å². The van der Waals surface area contributed by atoms with Crippen molar-refractivity contribution in [3.63, 3.8) is 0 Å². The smallest absolute Gasteiger partial charge is 0.134 e. The fourth-order valence-corrected chi connectivity index (χ4v) is 4.87. The van der Waals surface area contributed by atoms with E-state index >= 15 is 4.39 Å². The quantitative estimate of drug-likeness (QED) is 0.349. The van der Waals surface area contributed by atoms with Gasteiger partial charge in [-0.05, 0) is 97.4 Å². The average Bonchev–Trinajstić information content (AvgIpc) is 2.78. The Bertz CT molecular complexity index is 995. The van der Waals surface area contributed by atoms with E-state index in [9.17, 15) is 4.39 Å². The van der Waals surface area contributed by atoms with E-state index in [4.69, 9.17) is 0 Å². The molecule has 0 nitrogen and oxygen atoms in total. The van der Waals surface area contributed by atoms with E-state index in [-0.39, 0.29) is 11.6 Å². The van der Waals surface area contributed by atoms with Gasteiger partial charge in [0.1, 0.15) is 11.6 Å². The second kappa shape index (κ2) is 9.55. The van der Waals surface area contributed by atoms with Gasteiger partial charge in [0.15, 0.2) is 0 Å². The predicted molar refractivity (Wildman–Crippen MR) is 122 cm³/mol. The first-order chi connectivity index (χ1) is 14.6. The summed E-state index contributed by atoms with van der Waals surface area (Å²) in [6.45, 7) is 3.84. The molecule has 0 heterocycles. The third kappa shape index (κ3) is 4.80. The molecule has 30 heavy (non-hydrogen) atoms. The highest BCUT2D eigenvalue weighted by Gasteiger charge is 2.22. The van der Waals surface area contributed by atoms with Crippen LogP contribution in [-0.4, -0.2) is 0 Å². The van der Waals surface area contributed by atoms with Gasteiger partial charge in [-0.25, -0.2) is 8.78 Å². The first kappa shape index (κ1) is 20.8. The molecule has 0 amide bonds. The molecule has 0 N–H and O–H groups in total. The molecule has 0 unspecified atom stereocenters. The summed E-state index contributed by atoms with van der Waals surface area (Å²) < 4.78 is 28.2. The van der Waals surface area contributed by atoms with Crippen LogP contribution >= 0.6 is 0 Å². The molecule has 0 radical (unpaired) electrons. The maximum absolute atomic E-state index is 15.1. The Kier molecular flexibility index (Phi) is 6.62. The van der Waals surface area contributed by atoms with Crippen LogP contribution in [-0.2, 0) is 12.8 Å². The van der Waals surface area contributed by atoms with Gasteiger partial charge in [0.05, 0.1) is 0 Å². The topological polar surface area (TPSA) is 0 Å². The van der Waals surface area contributed by atoms with Crippen molar-refractivity contribution in [3.05, 3.63) is 95.6 Å². The van der Waals surface area contributed by atoms with Crippen LogP contribution in [0.2, 0.25) is 0 Å². The monoisotopic (exact) mass is 404 g/mol. The molecule has 0 saturated heterocycles. The molecule has 0 aromatic heterocycles. The Hall–Kier alpha value is -2.48. The zero-order valence-corrected chi connectivity index (χ0v) is 17.5. The summed E-state index contributed by atoms with van der Waals surface area (Å²) in [5.74, 6) is 1.07. The number of hydrogen-bond donors (Lipinski definition) is 0. The van der Waals surface area contributed by atoms with Crippen LogP contribution in [0.4, 0.5) is 8.78 Å². The summed E-state index contributed by atoms with van der Waals surface area (Å²) in [5.41, 5.74) is 3.10. The van der Waals surface area contributed by atoms with Gasteiger partial charge in [-0.2, -0.15) is 0 Å². The van der Waals surface area contributed by atoms with Crippen molar-refractivity contribution < 1.29 is 8.78 Å². The maximum Gasteiger partial charge on any atom is 0.134 e. The Morgan fingerprint density at radius 1 is 0.867 bits per heavy atom. The zero-order valence-electron chi connectivity index (χ0n) is 17.5. The summed E-state index contributed by atoms with van der Waals surface area (Å²) in [7, 11) is 0. The van der Waals surface area contributed by atoms with Gasteiger partial charge in [0.2, 0.25) is 0 Å². The first-order valence-electron chi connectivity index (χ1n) is 11.2. The number of halogens is 2. The third-order valence-electron chi connectivity index (χ3n) is 6.75. The number of benzene rings is 3. The highest BCUT2D eigenvalue weighted by Crippen LogP contribution is 2.38. The Morgan fingerprint density at radius 3 is 2.37 bits per heavy atom. The third-order valence-corrected chi connectivity index (χ3v) is 6.75. The van der Waals surface area contributed by atoms with Crippen LogP contribution in [0.5, 0.6) is 0 Å². The average molecular weight is 405 g/mol. The minimum atomic E-state index is -0.239. The Balaban J connectivity index is 1.44. The van der Waals surface area contributed by atoms with Crippen LogP contribution < -0.4 is 0 Å². The van der Waals surface area contributed by atoms with Gasteiger partial charge < -0.3 is 0 Å². The molecule has 1 aliphatic carbocycles. The number of rotatable bonds is 7. The number of hydrogen-bond acceptors (Lipinski definition) is 0. The van der Waals surface area contributed by atoms with Crippen molar-refractivity contribution in [2.45, 2.75) is 57.3 Å². The molecule has 0 aliphatic heterocycles. The lowest BCUT2D eigenvalue weighted by atomic mass is 9.77. The maximum atomic E-state index is 15.1. The van der Waals surface area contributed by atoms with Gasteiger partial charge in [-0.1, -0.05) is 48.5 Å². The van der Waals surface area contributed by atoms with E-state index in [0.717, 1.165) is 28.9 Å². The fraction of sp³-hybridized carbons (Fsp3) is 0.357. The van der Waals surface area contributed by atoms with Crippen LogP contribution in [0, 0.1) is 17.6 Å². The summed E-state index contributed by atoms with van der Waals surface area (Å²) in [5, 5.41) is 1.69. The van der Waals surface area contributed by atoms with Crippen LogP contribution in [0.3, 0.4) is 0 Å². The second-order valence-electron chi connectivity index (χ2n) is 8.73. The van der Waals surface area contributed by atoms with Crippen molar-refractivity contribution >= 4 is 10.8 Å². The molecule has 1 aliphatic rings. The number of allylic oxidation sites excluding steroid dienone is 1. The standard InChI is InChI=1S/C28H30F2/c1-2-3-4-20-5-10-22(11-6-20)24-15-18-27-25(19-24)14-13-23(28(27)30)12-7-21-8-16-26(29)17-9-21/h2,8-9,13-20,22H,1,3-7,10-12H2. The van der Waals surface area contributed by atoms with Crippen molar-refractivity contribution in [3.8, 4) is 0 Å². The second-order valence-corrected chi connectivity index (χ2v) is 8.73. The predicted octanol–water partition coefficient (Wildman–Crippen LogP) is 8.14. The van der Waals surface area contributed by atoms with Gasteiger partial charge in [0.25, 0.3) is 0 Å². The zero-order chi connectivity index (χ0) is 20.9. The van der Waals surface area contributed by atoms with E-state index in [0.29, 0.717) is 24.1 Å². The largest absolute Gasteiger partial charge is 0.207 e. The van der Waals surface area contributed by atoms with E-state index in [1.165, 1.54) is 49.8 Å². The minimum Gasteiger partial charge on any atom is -0.207 e. The van der Waals surface area contributed by atoms with Gasteiger partial charge in [-0.3, -0.25) is 0 Å². The molecule has 4 rings (SSSR count). The summed E-state index contributed by atoms with van der Waals surface area (Å²) in [6.07, 6.45) is 10.8. The van der Waals surface area contributed by atoms with Gasteiger partial charge >= 0.3 is 0 Å². The fourth-order valence-electron chi connectivity index (χ4n) is 4.87.